The number of aryl methyl sites for hydroxylation is 1. The van der Waals surface area contributed by atoms with E-state index in [4.69, 9.17) is 5.11 Å². The SMILES string of the molecule is Cc1nonc1CN[C@H](CO)C(C)C. The molecule has 0 fully saturated rings. The molecule has 1 atom stereocenters. The highest BCUT2D eigenvalue weighted by Crippen LogP contribution is 2.04. The van der Waals surface area contributed by atoms with Crippen molar-refractivity contribution in [2.24, 2.45) is 5.92 Å². The lowest BCUT2D eigenvalue weighted by Crippen LogP contribution is -2.36. The van der Waals surface area contributed by atoms with Crippen LogP contribution in [0.4, 0.5) is 0 Å². The van der Waals surface area contributed by atoms with Crippen molar-refractivity contribution in [1.29, 1.82) is 0 Å². The highest BCUT2D eigenvalue weighted by molar-refractivity contribution is 5.04. The number of hydrogen-bond donors (Lipinski definition) is 2. The molecule has 0 saturated heterocycles. The smallest absolute Gasteiger partial charge is 0.121 e. The Balaban J connectivity index is 2.43. The molecule has 5 heteroatoms. The number of aliphatic hydroxyl groups is 1. The van der Waals surface area contributed by atoms with Crippen LogP contribution in [0.1, 0.15) is 25.2 Å². The molecular weight excluding hydrogens is 182 g/mol. The fourth-order valence-electron chi connectivity index (χ4n) is 1.15. The van der Waals surface area contributed by atoms with E-state index in [1.807, 2.05) is 6.92 Å². The Hall–Kier alpha value is -0.940. The molecule has 1 heterocycles. The van der Waals surface area contributed by atoms with Crippen molar-refractivity contribution in [2.45, 2.75) is 33.4 Å². The predicted octanol–water partition coefficient (Wildman–Crippen LogP) is 0.485. The lowest BCUT2D eigenvalue weighted by molar-refractivity contribution is 0.208. The maximum Gasteiger partial charge on any atom is 0.121 e. The van der Waals surface area contributed by atoms with Crippen molar-refractivity contribution in [1.82, 2.24) is 15.6 Å². The summed E-state index contributed by atoms with van der Waals surface area (Å²) in [6.45, 7) is 6.67. The first-order chi connectivity index (χ1) is 6.65. The quantitative estimate of drug-likeness (QED) is 0.722. The van der Waals surface area contributed by atoms with E-state index in [9.17, 15) is 0 Å². The van der Waals surface area contributed by atoms with E-state index in [1.54, 1.807) is 0 Å². The highest BCUT2D eigenvalue weighted by atomic mass is 16.6. The van der Waals surface area contributed by atoms with Gasteiger partial charge < -0.3 is 10.4 Å². The van der Waals surface area contributed by atoms with Gasteiger partial charge in [0.1, 0.15) is 11.4 Å². The summed E-state index contributed by atoms with van der Waals surface area (Å²) in [5.41, 5.74) is 1.59. The summed E-state index contributed by atoms with van der Waals surface area (Å²) >= 11 is 0. The molecule has 0 aromatic carbocycles. The third kappa shape index (κ3) is 2.78. The Bertz CT molecular complexity index is 273. The van der Waals surface area contributed by atoms with Gasteiger partial charge in [-0.1, -0.05) is 24.2 Å². The van der Waals surface area contributed by atoms with Crippen LogP contribution < -0.4 is 5.32 Å². The van der Waals surface area contributed by atoms with E-state index < -0.39 is 0 Å². The molecular formula is C9H17N3O2. The van der Waals surface area contributed by atoms with E-state index in [1.165, 1.54) is 0 Å². The zero-order valence-corrected chi connectivity index (χ0v) is 8.82. The van der Waals surface area contributed by atoms with Crippen LogP contribution in [-0.4, -0.2) is 28.1 Å². The van der Waals surface area contributed by atoms with Gasteiger partial charge in [0.05, 0.1) is 6.61 Å². The Morgan fingerprint density at radius 2 is 2.14 bits per heavy atom. The van der Waals surface area contributed by atoms with Crippen LogP contribution in [0.15, 0.2) is 4.63 Å². The minimum atomic E-state index is 0.0890. The minimum Gasteiger partial charge on any atom is -0.395 e. The average Bonchev–Trinajstić information content (AvgIpc) is 2.52. The third-order valence-corrected chi connectivity index (χ3v) is 2.28. The Morgan fingerprint density at radius 3 is 2.57 bits per heavy atom. The normalized spacial score (nSPS) is 13.5. The van der Waals surface area contributed by atoms with Gasteiger partial charge in [-0.25, -0.2) is 4.63 Å². The maximum atomic E-state index is 9.07. The van der Waals surface area contributed by atoms with E-state index in [0.29, 0.717) is 12.5 Å². The molecule has 0 aliphatic heterocycles. The first-order valence-corrected chi connectivity index (χ1v) is 4.77. The van der Waals surface area contributed by atoms with Crippen molar-refractivity contribution in [3.8, 4) is 0 Å². The fraction of sp³-hybridized carbons (Fsp3) is 0.778. The summed E-state index contributed by atoms with van der Waals surface area (Å²) in [5.74, 6) is 0.389. The number of aliphatic hydroxyl groups excluding tert-OH is 1. The van der Waals surface area contributed by atoms with Crippen molar-refractivity contribution >= 4 is 0 Å². The monoisotopic (exact) mass is 199 g/mol. The standard InChI is InChI=1S/C9H17N3O2/c1-6(2)9(5-13)10-4-8-7(3)11-14-12-8/h6,9-10,13H,4-5H2,1-3H3/t9-/m1/s1. The predicted molar refractivity (Wildman–Crippen MR) is 51.6 cm³/mol. The molecule has 80 valence electrons. The van der Waals surface area contributed by atoms with Gasteiger partial charge in [-0.2, -0.15) is 0 Å². The molecule has 0 aliphatic rings. The summed E-state index contributed by atoms with van der Waals surface area (Å²) in [6.07, 6.45) is 0. The molecule has 14 heavy (non-hydrogen) atoms. The van der Waals surface area contributed by atoms with E-state index in [2.05, 4.69) is 34.1 Å². The van der Waals surface area contributed by atoms with E-state index in [-0.39, 0.29) is 12.6 Å². The van der Waals surface area contributed by atoms with Gasteiger partial charge >= 0.3 is 0 Å². The molecule has 0 saturated carbocycles. The molecule has 0 spiro atoms. The van der Waals surface area contributed by atoms with Crippen molar-refractivity contribution < 1.29 is 9.74 Å². The van der Waals surface area contributed by atoms with Crippen molar-refractivity contribution in [3.63, 3.8) is 0 Å². The number of hydrogen-bond acceptors (Lipinski definition) is 5. The summed E-state index contributed by atoms with van der Waals surface area (Å²) in [4.78, 5) is 0. The first-order valence-electron chi connectivity index (χ1n) is 4.77. The molecule has 0 aliphatic carbocycles. The second kappa shape index (κ2) is 5.07. The van der Waals surface area contributed by atoms with E-state index in [0.717, 1.165) is 11.4 Å². The van der Waals surface area contributed by atoms with Gasteiger partial charge in [-0.15, -0.1) is 0 Å². The van der Waals surface area contributed by atoms with Crippen LogP contribution in [0.3, 0.4) is 0 Å². The minimum absolute atomic E-state index is 0.0890. The summed E-state index contributed by atoms with van der Waals surface area (Å²) < 4.78 is 4.57. The molecule has 0 amide bonds. The number of aromatic nitrogens is 2. The van der Waals surface area contributed by atoms with E-state index >= 15 is 0 Å². The van der Waals surface area contributed by atoms with Gasteiger partial charge in [0, 0.05) is 12.6 Å². The molecule has 0 radical (unpaired) electrons. The maximum absolute atomic E-state index is 9.07. The lowest BCUT2D eigenvalue weighted by Gasteiger charge is -2.18. The summed E-state index contributed by atoms with van der Waals surface area (Å²) in [7, 11) is 0. The zero-order chi connectivity index (χ0) is 10.6. The number of nitrogens with one attached hydrogen (secondary N) is 1. The molecule has 1 aromatic rings. The fourth-order valence-corrected chi connectivity index (χ4v) is 1.15. The molecule has 0 bridgehead atoms. The molecule has 1 aromatic heterocycles. The highest BCUT2D eigenvalue weighted by Gasteiger charge is 2.13. The van der Waals surface area contributed by atoms with Crippen LogP contribution >= 0.6 is 0 Å². The second-order valence-corrected chi connectivity index (χ2v) is 3.71. The van der Waals surface area contributed by atoms with Crippen LogP contribution in [0.5, 0.6) is 0 Å². The first kappa shape index (κ1) is 11.1. The van der Waals surface area contributed by atoms with Crippen LogP contribution in [-0.2, 0) is 6.54 Å². The number of rotatable bonds is 5. The van der Waals surface area contributed by atoms with Gasteiger partial charge in [0.15, 0.2) is 0 Å². The van der Waals surface area contributed by atoms with Crippen molar-refractivity contribution in [3.05, 3.63) is 11.4 Å². The molecule has 5 nitrogen and oxygen atoms in total. The largest absolute Gasteiger partial charge is 0.395 e. The van der Waals surface area contributed by atoms with Gasteiger partial charge in [0.25, 0.3) is 0 Å². The van der Waals surface area contributed by atoms with Gasteiger partial charge in [-0.3, -0.25) is 0 Å². The number of nitrogens with zero attached hydrogens (tertiary/aromatic N) is 2. The summed E-state index contributed by atoms with van der Waals surface area (Å²) in [5, 5.41) is 19.7. The summed E-state index contributed by atoms with van der Waals surface area (Å²) in [6, 6.07) is 0.0890. The third-order valence-electron chi connectivity index (χ3n) is 2.28. The molecule has 1 rings (SSSR count). The Morgan fingerprint density at radius 1 is 1.43 bits per heavy atom. The van der Waals surface area contributed by atoms with Crippen LogP contribution in [0.2, 0.25) is 0 Å². The second-order valence-electron chi connectivity index (χ2n) is 3.71. The Labute approximate surface area is 83.5 Å². The molecule has 0 unspecified atom stereocenters. The zero-order valence-electron chi connectivity index (χ0n) is 8.82. The Kier molecular flexibility index (Phi) is 4.03. The lowest BCUT2D eigenvalue weighted by atomic mass is 10.1. The topological polar surface area (TPSA) is 71.2 Å². The van der Waals surface area contributed by atoms with Crippen LogP contribution in [0, 0.1) is 12.8 Å². The van der Waals surface area contributed by atoms with Crippen molar-refractivity contribution in [2.75, 3.05) is 6.61 Å². The molecule has 2 N–H and O–H groups in total. The van der Waals surface area contributed by atoms with Crippen LogP contribution in [0.25, 0.3) is 0 Å². The average molecular weight is 199 g/mol. The van der Waals surface area contributed by atoms with Gasteiger partial charge in [0.2, 0.25) is 0 Å². The van der Waals surface area contributed by atoms with Gasteiger partial charge in [-0.05, 0) is 12.8 Å².